The molecule has 9 heteroatoms. The summed E-state index contributed by atoms with van der Waals surface area (Å²) in [6.45, 7) is 3.47. The van der Waals surface area contributed by atoms with E-state index in [1.54, 1.807) is 13.8 Å². The van der Waals surface area contributed by atoms with Crippen molar-refractivity contribution in [3.05, 3.63) is 44.7 Å². The predicted octanol–water partition coefficient (Wildman–Crippen LogP) is 3.65. The number of nitrogens with two attached hydrogens (primary N) is 1. The number of hydrogen-bond acceptors (Lipinski definition) is 7. The van der Waals surface area contributed by atoms with Crippen molar-refractivity contribution in [2.75, 3.05) is 5.73 Å². The minimum atomic E-state index is -0.533. The van der Waals surface area contributed by atoms with Crippen LogP contribution in [0, 0.1) is 24.0 Å². The van der Waals surface area contributed by atoms with E-state index in [1.165, 1.54) is 18.2 Å². The van der Waals surface area contributed by atoms with Crippen molar-refractivity contribution >= 4 is 34.6 Å². The van der Waals surface area contributed by atoms with E-state index in [-0.39, 0.29) is 16.7 Å². The summed E-state index contributed by atoms with van der Waals surface area (Å²) >= 11 is 5.94. The Labute approximate surface area is 124 Å². The van der Waals surface area contributed by atoms with Gasteiger partial charge in [0.1, 0.15) is 11.4 Å². The van der Waals surface area contributed by atoms with Crippen molar-refractivity contribution in [2.24, 2.45) is 10.2 Å². The normalized spacial score (nSPS) is 11.0. The van der Waals surface area contributed by atoms with Crippen molar-refractivity contribution in [3.63, 3.8) is 0 Å². The molecule has 0 saturated carbocycles. The molecule has 1 aromatic carbocycles. The average molecular weight is 307 g/mol. The number of anilines is 1. The molecule has 0 amide bonds. The SMILES string of the molecule is Cc1nc(N)nc(C)c1N=Nc1ccc([N+](=O)[O-])cc1Cl. The van der Waals surface area contributed by atoms with Crippen LogP contribution in [-0.4, -0.2) is 14.9 Å². The molecule has 2 N–H and O–H groups in total. The Morgan fingerprint density at radius 3 is 2.38 bits per heavy atom. The Bertz CT molecular complexity index is 724. The molecule has 108 valence electrons. The Hall–Kier alpha value is -2.61. The van der Waals surface area contributed by atoms with Crippen LogP contribution in [0.4, 0.5) is 23.0 Å². The van der Waals surface area contributed by atoms with Gasteiger partial charge in [-0.05, 0) is 19.9 Å². The van der Waals surface area contributed by atoms with Crippen molar-refractivity contribution in [1.29, 1.82) is 0 Å². The number of nitro benzene ring substituents is 1. The van der Waals surface area contributed by atoms with Gasteiger partial charge < -0.3 is 5.73 Å². The van der Waals surface area contributed by atoms with Gasteiger partial charge in [0.25, 0.3) is 5.69 Å². The quantitative estimate of drug-likeness (QED) is 0.527. The van der Waals surface area contributed by atoms with Crippen molar-refractivity contribution in [2.45, 2.75) is 13.8 Å². The molecule has 21 heavy (non-hydrogen) atoms. The van der Waals surface area contributed by atoms with Crippen LogP contribution < -0.4 is 5.73 Å². The van der Waals surface area contributed by atoms with Crippen LogP contribution in [0.5, 0.6) is 0 Å². The Balaban J connectivity index is 2.36. The summed E-state index contributed by atoms with van der Waals surface area (Å²) in [7, 11) is 0. The van der Waals surface area contributed by atoms with E-state index in [9.17, 15) is 10.1 Å². The maximum Gasteiger partial charge on any atom is 0.271 e. The Morgan fingerprint density at radius 1 is 1.24 bits per heavy atom. The van der Waals surface area contributed by atoms with Crippen molar-refractivity contribution < 1.29 is 4.92 Å². The molecule has 2 rings (SSSR count). The van der Waals surface area contributed by atoms with Crippen LogP contribution in [0.15, 0.2) is 28.4 Å². The highest BCUT2D eigenvalue weighted by Gasteiger charge is 2.10. The molecule has 1 aromatic heterocycles. The van der Waals surface area contributed by atoms with E-state index < -0.39 is 4.92 Å². The molecule has 0 aliphatic rings. The molecule has 0 aliphatic carbocycles. The van der Waals surface area contributed by atoms with Crippen molar-refractivity contribution in [3.8, 4) is 0 Å². The molecular formula is C12H11ClN6O2. The number of halogens is 1. The molecule has 0 saturated heterocycles. The molecule has 2 aromatic rings. The Kier molecular flexibility index (Phi) is 4.08. The lowest BCUT2D eigenvalue weighted by molar-refractivity contribution is -0.384. The standard InChI is InChI=1S/C12H11ClN6O2/c1-6-11(7(2)16-12(14)15-6)18-17-10-4-3-8(19(20)21)5-9(10)13/h3-5H,1-2H3,(H2,14,15,16). The van der Waals surface area contributed by atoms with E-state index in [0.717, 1.165) is 0 Å². The number of nitrogen functional groups attached to an aromatic ring is 1. The van der Waals surface area contributed by atoms with E-state index in [0.29, 0.717) is 22.8 Å². The lowest BCUT2D eigenvalue weighted by atomic mass is 10.3. The molecule has 0 radical (unpaired) electrons. The lowest BCUT2D eigenvalue weighted by Crippen LogP contribution is -1.98. The van der Waals surface area contributed by atoms with Gasteiger partial charge in [0, 0.05) is 12.1 Å². The van der Waals surface area contributed by atoms with Gasteiger partial charge in [0.05, 0.1) is 21.3 Å². The molecule has 0 aliphatic heterocycles. The zero-order valence-electron chi connectivity index (χ0n) is 11.2. The minimum Gasteiger partial charge on any atom is -0.368 e. The van der Waals surface area contributed by atoms with Crippen molar-refractivity contribution in [1.82, 2.24) is 9.97 Å². The highest BCUT2D eigenvalue weighted by atomic mass is 35.5. The fourth-order valence-corrected chi connectivity index (χ4v) is 1.89. The number of benzene rings is 1. The first-order valence-corrected chi connectivity index (χ1v) is 6.22. The zero-order chi connectivity index (χ0) is 15.6. The highest BCUT2D eigenvalue weighted by molar-refractivity contribution is 6.33. The third kappa shape index (κ3) is 3.29. The number of rotatable bonds is 3. The van der Waals surface area contributed by atoms with Crippen LogP contribution in [0.1, 0.15) is 11.4 Å². The predicted molar refractivity (Wildman–Crippen MR) is 78.2 cm³/mol. The minimum absolute atomic E-state index is 0.109. The lowest BCUT2D eigenvalue weighted by Gasteiger charge is -2.03. The van der Waals surface area contributed by atoms with Gasteiger partial charge in [0.2, 0.25) is 5.95 Å². The fraction of sp³-hybridized carbons (Fsp3) is 0.167. The van der Waals surface area contributed by atoms with Crippen LogP contribution in [0.3, 0.4) is 0 Å². The van der Waals surface area contributed by atoms with Gasteiger partial charge in [0.15, 0.2) is 0 Å². The Morgan fingerprint density at radius 2 is 1.86 bits per heavy atom. The topological polar surface area (TPSA) is 120 Å². The molecular weight excluding hydrogens is 296 g/mol. The molecule has 0 unspecified atom stereocenters. The number of nitro groups is 1. The molecule has 0 bridgehead atoms. The van der Waals surface area contributed by atoms with E-state index in [4.69, 9.17) is 17.3 Å². The maximum atomic E-state index is 10.6. The number of aromatic nitrogens is 2. The smallest absolute Gasteiger partial charge is 0.271 e. The van der Waals surface area contributed by atoms with Crippen LogP contribution in [0.2, 0.25) is 5.02 Å². The van der Waals surface area contributed by atoms with Crippen LogP contribution in [-0.2, 0) is 0 Å². The first kappa shape index (κ1) is 14.8. The van der Waals surface area contributed by atoms with Gasteiger partial charge in [-0.1, -0.05) is 11.6 Å². The summed E-state index contributed by atoms with van der Waals surface area (Å²) in [4.78, 5) is 18.1. The first-order chi connectivity index (χ1) is 9.88. The summed E-state index contributed by atoms with van der Waals surface area (Å²) in [5.41, 5.74) is 7.39. The number of non-ortho nitro benzene ring substituents is 1. The third-order valence-electron chi connectivity index (χ3n) is 2.65. The zero-order valence-corrected chi connectivity index (χ0v) is 12.0. The van der Waals surface area contributed by atoms with E-state index in [1.807, 2.05) is 0 Å². The van der Waals surface area contributed by atoms with Crippen LogP contribution >= 0.6 is 11.6 Å². The molecule has 0 fully saturated rings. The molecule has 0 spiro atoms. The second-order valence-corrected chi connectivity index (χ2v) is 4.60. The van der Waals surface area contributed by atoms with E-state index >= 15 is 0 Å². The summed E-state index contributed by atoms with van der Waals surface area (Å²) < 4.78 is 0. The summed E-state index contributed by atoms with van der Waals surface area (Å²) in [5.74, 6) is 0.164. The highest BCUT2D eigenvalue weighted by Crippen LogP contribution is 2.31. The maximum absolute atomic E-state index is 10.6. The largest absolute Gasteiger partial charge is 0.368 e. The first-order valence-electron chi connectivity index (χ1n) is 5.85. The number of aryl methyl sites for hydroxylation is 2. The third-order valence-corrected chi connectivity index (χ3v) is 2.95. The molecule has 8 nitrogen and oxygen atoms in total. The van der Waals surface area contributed by atoms with Gasteiger partial charge >= 0.3 is 0 Å². The van der Waals surface area contributed by atoms with Crippen LogP contribution in [0.25, 0.3) is 0 Å². The van der Waals surface area contributed by atoms with E-state index in [2.05, 4.69) is 20.2 Å². The summed E-state index contributed by atoms with van der Waals surface area (Å²) in [5, 5.41) is 18.8. The van der Waals surface area contributed by atoms with Gasteiger partial charge in [-0.3, -0.25) is 10.1 Å². The number of azo groups is 1. The fourth-order valence-electron chi connectivity index (χ4n) is 1.68. The van der Waals surface area contributed by atoms with Gasteiger partial charge in [-0.2, -0.15) is 0 Å². The van der Waals surface area contributed by atoms with Gasteiger partial charge in [-0.25, -0.2) is 9.97 Å². The second-order valence-electron chi connectivity index (χ2n) is 4.19. The average Bonchev–Trinajstić information content (AvgIpc) is 2.38. The molecule has 1 heterocycles. The summed E-state index contributed by atoms with van der Waals surface area (Å²) in [6, 6.07) is 3.95. The number of hydrogen-bond donors (Lipinski definition) is 1. The number of nitrogens with zero attached hydrogens (tertiary/aromatic N) is 5. The summed E-state index contributed by atoms with van der Waals surface area (Å²) in [6.07, 6.45) is 0. The van der Waals surface area contributed by atoms with Gasteiger partial charge in [-0.15, -0.1) is 10.2 Å². The monoisotopic (exact) mass is 306 g/mol. The molecule has 0 atom stereocenters. The second kappa shape index (κ2) is 5.80.